The molecular formula is C53H58F18N23O12+3. The van der Waals surface area contributed by atoms with Crippen LogP contribution in [0.5, 0.6) is 0 Å². The van der Waals surface area contributed by atoms with Gasteiger partial charge in [0.05, 0.1) is 47.4 Å². The number of aromatic amines is 2. The van der Waals surface area contributed by atoms with Crippen LogP contribution in [0.4, 0.5) is 79.0 Å². The van der Waals surface area contributed by atoms with Crippen LogP contribution in [0.15, 0.2) is 141 Å². The van der Waals surface area contributed by atoms with Gasteiger partial charge in [-0.05, 0) is 34.7 Å². The molecule has 0 saturated carbocycles. The molecule has 53 heteroatoms. The third-order valence-electron chi connectivity index (χ3n) is 11.7. The van der Waals surface area contributed by atoms with Gasteiger partial charge in [-0.25, -0.2) is 43.2 Å². The molecule has 4 aromatic heterocycles. The summed E-state index contributed by atoms with van der Waals surface area (Å²) in [7, 11) is 1.84. The number of carbonyl (C=O) groups is 6. The van der Waals surface area contributed by atoms with E-state index in [1.54, 1.807) is 15.5 Å². The Bertz CT molecular complexity index is 3930. The molecule has 0 atom stereocenters. The van der Waals surface area contributed by atoms with Gasteiger partial charge in [-0.15, -0.1) is 16.0 Å². The molecule has 3 aromatic carbocycles. The Labute approximate surface area is 578 Å². The second kappa shape index (κ2) is 42.9. The number of aromatic nitrogens is 10. The van der Waals surface area contributed by atoms with Crippen LogP contribution >= 0.6 is 0 Å². The standard InChI is InChI=1S/C14H17N9.C14H17N7.C13H15N7.6C2HF3O2/c15-14(16)18-6-5-11-7-17-9-23(11)8-10-3-1-2-4-12(10)13-19-21-22-20-13;1-20-14(17-18-19-20)13-5-3-2-4-11(13)9-21-10-16-8-12(21)6-7-15;14-6-5-11-7-15-9-20(11)8-10-3-1-2-4-12(10)13-16-18-19-17-13;6*3-2(4,5)1(6)7/h1-4,7,9H,5-6,8H2,(H5,15,16,18,19,20,21,22);2-5,8,10H,6-7,9,15H2,1H3;1-4,7,9H,5-6,8,14H2,(H,16,17,18,19);6*(H,6,7)/p+3. The van der Waals surface area contributed by atoms with Crippen LogP contribution in [-0.4, -0.2) is 165 Å². The van der Waals surface area contributed by atoms with Crippen LogP contribution in [0.1, 0.15) is 44.9 Å². The topological polar surface area (TPSA) is 560 Å². The van der Waals surface area contributed by atoms with E-state index in [2.05, 4.69) is 110 Å². The summed E-state index contributed by atoms with van der Waals surface area (Å²) < 4.78 is 198. The van der Waals surface area contributed by atoms with E-state index in [1.165, 1.54) is 11.3 Å². The summed E-state index contributed by atoms with van der Waals surface area (Å²) in [5.74, 6) is -14.7. The lowest BCUT2D eigenvalue weighted by molar-refractivity contribution is -0.695. The number of carboxylic acids is 6. The van der Waals surface area contributed by atoms with Gasteiger partial charge >= 0.3 is 60.9 Å². The average molecular weight is 1550 g/mol. The maximum Gasteiger partial charge on any atom is 0.490 e. The number of aryl methyl sites for hydroxylation is 1. The van der Waals surface area contributed by atoms with Crippen LogP contribution in [-0.2, 0) is 74.7 Å². The van der Waals surface area contributed by atoms with Gasteiger partial charge in [-0.1, -0.05) is 70.9 Å². The van der Waals surface area contributed by atoms with Crippen LogP contribution in [0, 0.1) is 0 Å². The molecule has 0 spiro atoms. The number of nitrogens with zero attached hydrogens (tertiary/aromatic N) is 14. The van der Waals surface area contributed by atoms with Gasteiger partial charge in [-0.3, -0.25) is 16.5 Å². The molecule has 19 N–H and O–H groups in total. The number of rotatable bonds is 16. The third-order valence-corrected chi connectivity index (χ3v) is 11.7. The number of H-pyrrole nitrogens is 2. The highest BCUT2D eigenvalue weighted by Gasteiger charge is 2.40. The Morgan fingerprint density at radius 3 is 1.26 bits per heavy atom. The van der Waals surface area contributed by atoms with Crippen LogP contribution in [0.25, 0.3) is 11.4 Å². The third kappa shape index (κ3) is 35.0. The number of hydrogen-bond donors (Lipinski definition) is 12. The number of halogens is 18. The van der Waals surface area contributed by atoms with E-state index in [0.29, 0.717) is 13.1 Å². The lowest BCUT2D eigenvalue weighted by atomic mass is 10.1. The summed E-state index contributed by atoms with van der Waals surface area (Å²) in [6.45, 7) is 4.42. The minimum Gasteiger partial charge on any atom is -0.542 e. The molecule has 0 saturated heterocycles. The van der Waals surface area contributed by atoms with Crippen LogP contribution in [0.3, 0.4) is 0 Å². The van der Waals surface area contributed by atoms with Crippen molar-refractivity contribution < 1.29 is 169 Å². The van der Waals surface area contributed by atoms with E-state index in [4.69, 9.17) is 76.6 Å². The number of alkyl halides is 18. The lowest BCUT2D eigenvalue weighted by Gasteiger charge is -2.11. The predicted octanol–water partition coefficient (Wildman–Crippen LogP) is -3.99. The van der Waals surface area contributed by atoms with Crippen molar-refractivity contribution in [2.45, 2.75) is 76.0 Å². The molecule has 0 aliphatic carbocycles. The number of benzene rings is 3. The molecule has 580 valence electrons. The fourth-order valence-corrected chi connectivity index (χ4v) is 7.18. The van der Waals surface area contributed by atoms with Gasteiger partial charge < -0.3 is 61.1 Å². The Hall–Kier alpha value is -12.4. The van der Waals surface area contributed by atoms with Crippen molar-refractivity contribution in [1.29, 1.82) is 0 Å². The van der Waals surface area contributed by atoms with Crippen molar-refractivity contribution in [2.24, 2.45) is 55.3 Å². The largest absolute Gasteiger partial charge is 0.542 e. The highest BCUT2D eigenvalue weighted by Crippen LogP contribution is 2.23. The molecule has 9 rings (SSSR count). The van der Waals surface area contributed by atoms with E-state index >= 15 is 0 Å². The van der Waals surface area contributed by atoms with Gasteiger partial charge in [0.15, 0.2) is 5.82 Å². The Morgan fingerprint density at radius 1 is 0.575 bits per heavy atom. The van der Waals surface area contributed by atoms with Crippen molar-refractivity contribution in [1.82, 2.24) is 39.7 Å². The molecule has 0 radical (unpaired) electrons. The normalized spacial score (nSPS) is 12.1. The Balaban J connectivity index is 0.000000631. The smallest absolute Gasteiger partial charge is 0.490 e. The molecule has 106 heavy (non-hydrogen) atoms. The number of carbonyl (C=O) groups excluding carboxylic acids is 3. The Morgan fingerprint density at radius 2 is 0.943 bits per heavy atom. The number of nitrogens with two attached hydrogens (primary N) is 5. The van der Waals surface area contributed by atoms with Crippen LogP contribution in [0.2, 0.25) is 0 Å². The van der Waals surface area contributed by atoms with Gasteiger partial charge in [0.25, 0.3) is 11.7 Å². The quantitative estimate of drug-likeness (QED) is 0.0144. The minimum absolute atomic E-state index is 0.236. The number of nitrogens with one attached hydrogen (secondary N) is 3. The molecule has 2 aliphatic rings. The number of carboxylic acid groups (broad SMARTS) is 6. The number of quaternary nitrogens is 3. The maximum absolute atomic E-state index is 10.6. The van der Waals surface area contributed by atoms with Crippen LogP contribution < -0.4 is 63.2 Å². The molecule has 2 aliphatic heterocycles. The number of tetrazole rings is 1. The van der Waals surface area contributed by atoms with Gasteiger partial charge in [-0.2, -0.15) is 79.0 Å². The zero-order chi connectivity index (χ0) is 81.0. The maximum atomic E-state index is 10.6. The number of aliphatic carboxylic acids is 6. The van der Waals surface area contributed by atoms with E-state index in [0.717, 1.165) is 102 Å². The molecule has 0 unspecified atom stereocenters. The fourth-order valence-electron chi connectivity index (χ4n) is 7.18. The van der Waals surface area contributed by atoms with E-state index in [1.807, 2.05) is 93.2 Å². The van der Waals surface area contributed by atoms with Crippen molar-refractivity contribution in [3.05, 3.63) is 155 Å². The van der Waals surface area contributed by atoms with Gasteiger partial charge in [0, 0.05) is 65.5 Å². The average Bonchev–Trinajstić information content (AvgIpc) is 1.64. The van der Waals surface area contributed by atoms with Gasteiger partial charge in [0.2, 0.25) is 12.7 Å². The summed E-state index contributed by atoms with van der Waals surface area (Å²) in [4.78, 5) is 66.5. The zero-order valence-electron chi connectivity index (χ0n) is 53.4. The Kier molecular flexibility index (Phi) is 37.0. The summed E-state index contributed by atoms with van der Waals surface area (Å²) >= 11 is 0. The second-order valence-corrected chi connectivity index (χ2v) is 19.4. The van der Waals surface area contributed by atoms with Crippen molar-refractivity contribution in [2.75, 3.05) is 19.6 Å². The first kappa shape index (κ1) is 91.6. The van der Waals surface area contributed by atoms with Crippen molar-refractivity contribution in [3.63, 3.8) is 0 Å². The fraction of sp³-hybridized carbons (Fsp3) is 0.302. The molecule has 0 amide bonds. The molecular weight excluding hydrogens is 1490 g/mol. The monoisotopic (exact) mass is 1550 g/mol. The molecule has 35 nitrogen and oxygen atoms in total. The molecule has 0 bridgehead atoms. The van der Waals surface area contributed by atoms with E-state index in [9.17, 15) is 79.0 Å². The molecule has 6 heterocycles. The first-order valence-corrected chi connectivity index (χ1v) is 28.1. The minimum atomic E-state index is -5.19. The first-order valence-electron chi connectivity index (χ1n) is 28.1. The highest BCUT2D eigenvalue weighted by molar-refractivity contribution is 5.93. The molecule has 0 fully saturated rings. The summed E-state index contributed by atoms with van der Waals surface area (Å²) in [6.07, 6.45) is -16.6. The van der Waals surface area contributed by atoms with Crippen molar-refractivity contribution in [3.8, 4) is 11.4 Å². The second-order valence-electron chi connectivity index (χ2n) is 19.4. The van der Waals surface area contributed by atoms with E-state index in [-0.39, 0.29) is 5.96 Å². The highest BCUT2D eigenvalue weighted by atomic mass is 19.4. The van der Waals surface area contributed by atoms with Crippen molar-refractivity contribution >= 4 is 53.4 Å². The van der Waals surface area contributed by atoms with Gasteiger partial charge in [0.1, 0.15) is 54.8 Å². The predicted molar refractivity (Wildman–Crippen MR) is 307 cm³/mol. The summed E-state index contributed by atoms with van der Waals surface area (Å²) in [5.41, 5.74) is 33.9. The SMILES string of the molecule is Cn1nnnc1-c1ccccc1Cn1cncc1CCN.NC(N)=[NH+]CCc1c[nH]c[n+]1Cc1ccccc1C1=NN=N[NH2+]1.O=C(O)C(F)(F)F.O=C(O)C(F)(F)F.O=C(O)C(F)(F)F.O=C([O-])C(F)(F)F.O=C([O-])C(F)(F)F.O=C([O-])C(F)(F)F.[NH3+]CCc1c[nH]c[n+]1Cc1ccccc1C1=NN=N[NH2+]1. The number of hydrogen-bond acceptors (Lipinski definition) is 20. The molecule has 7 aromatic rings. The first-order chi connectivity index (χ1) is 49.1. The zero-order valence-corrected chi connectivity index (χ0v) is 53.4. The lowest BCUT2D eigenvalue weighted by Crippen LogP contribution is -2.80. The number of guanidine groups is 1. The summed E-state index contributed by atoms with van der Waals surface area (Å²) in [5, 5.41) is 82.5. The number of amidine groups is 2. The number of imidazole rings is 3. The summed E-state index contributed by atoms with van der Waals surface area (Å²) in [6, 6.07) is 24.4. The van der Waals surface area contributed by atoms with E-state index < -0.39 is 72.9 Å².